The molecule has 0 amide bonds. The fourth-order valence-corrected chi connectivity index (χ4v) is 2.29. The fourth-order valence-electron chi connectivity index (χ4n) is 2.29. The topological polar surface area (TPSA) is 89.2 Å². The molecule has 0 radical (unpaired) electrons. The molecule has 0 aliphatic heterocycles. The van der Waals surface area contributed by atoms with Crippen LogP contribution in [-0.4, -0.2) is 32.8 Å². The average molecular weight is 369 g/mol. The highest BCUT2D eigenvalue weighted by Gasteiger charge is 2.05. The number of hydrogen-bond donors (Lipinski definition) is 2. The van der Waals surface area contributed by atoms with Gasteiger partial charge >= 0.3 is 0 Å². The third kappa shape index (κ3) is 5.24. The van der Waals surface area contributed by atoms with Gasteiger partial charge in [-0.1, -0.05) is 0 Å². The quantitative estimate of drug-likeness (QED) is 0.510. The lowest BCUT2D eigenvalue weighted by molar-refractivity contribution is 0.460. The smallest absolute Gasteiger partial charge is 0.219 e. The number of aliphatic imine (C=N–C) groups is 1. The standard InChI is InChI=1S/C18H20FN7O/c1-20-18(23-11-16-24-12-25-26(16)2)22-10-13-7-8-21-17(9-13)27-15-5-3-14(19)4-6-15/h3-9,12H,10-11H2,1-2H3,(H2,20,22,23). The van der Waals surface area contributed by atoms with Crippen molar-refractivity contribution in [2.75, 3.05) is 7.05 Å². The number of pyridine rings is 1. The van der Waals surface area contributed by atoms with Crippen LogP contribution in [-0.2, 0) is 20.1 Å². The zero-order valence-electron chi connectivity index (χ0n) is 15.1. The Kier molecular flexibility index (Phi) is 5.93. The zero-order valence-corrected chi connectivity index (χ0v) is 15.1. The van der Waals surface area contributed by atoms with Crippen LogP contribution in [0.1, 0.15) is 11.4 Å². The Balaban J connectivity index is 1.55. The Morgan fingerprint density at radius 3 is 2.63 bits per heavy atom. The summed E-state index contributed by atoms with van der Waals surface area (Å²) in [6, 6.07) is 9.48. The summed E-state index contributed by atoms with van der Waals surface area (Å²) in [6.45, 7) is 1.03. The van der Waals surface area contributed by atoms with E-state index >= 15 is 0 Å². The van der Waals surface area contributed by atoms with Crippen molar-refractivity contribution in [3.8, 4) is 11.6 Å². The number of aryl methyl sites for hydroxylation is 1. The van der Waals surface area contributed by atoms with Gasteiger partial charge in [-0.15, -0.1) is 0 Å². The van der Waals surface area contributed by atoms with Gasteiger partial charge in [0.15, 0.2) is 5.96 Å². The number of benzene rings is 1. The van der Waals surface area contributed by atoms with E-state index in [2.05, 4.69) is 30.7 Å². The second kappa shape index (κ2) is 8.75. The van der Waals surface area contributed by atoms with Gasteiger partial charge in [0.2, 0.25) is 5.88 Å². The van der Waals surface area contributed by atoms with Gasteiger partial charge in [-0.2, -0.15) is 5.10 Å². The minimum Gasteiger partial charge on any atom is -0.439 e. The Morgan fingerprint density at radius 2 is 1.93 bits per heavy atom. The van der Waals surface area contributed by atoms with E-state index in [9.17, 15) is 4.39 Å². The predicted molar refractivity (Wildman–Crippen MR) is 98.8 cm³/mol. The van der Waals surface area contributed by atoms with Crippen LogP contribution in [0.4, 0.5) is 4.39 Å². The predicted octanol–water partition coefficient (Wildman–Crippen LogP) is 2.01. The number of halogens is 1. The highest BCUT2D eigenvalue weighted by atomic mass is 19.1. The first-order valence-corrected chi connectivity index (χ1v) is 8.30. The molecular formula is C18H20FN7O. The molecule has 2 N–H and O–H groups in total. The second-order valence-corrected chi connectivity index (χ2v) is 5.64. The molecular weight excluding hydrogens is 349 g/mol. The minimum atomic E-state index is -0.312. The van der Waals surface area contributed by atoms with Gasteiger partial charge in [-0.05, 0) is 35.9 Å². The van der Waals surface area contributed by atoms with E-state index in [4.69, 9.17) is 4.74 Å². The van der Waals surface area contributed by atoms with Crippen molar-refractivity contribution in [3.05, 3.63) is 66.1 Å². The summed E-state index contributed by atoms with van der Waals surface area (Å²) in [4.78, 5) is 12.5. The van der Waals surface area contributed by atoms with Gasteiger partial charge in [0.25, 0.3) is 0 Å². The van der Waals surface area contributed by atoms with E-state index in [1.165, 1.54) is 18.5 Å². The molecule has 3 aromatic rings. The molecule has 27 heavy (non-hydrogen) atoms. The molecule has 2 heterocycles. The van der Waals surface area contributed by atoms with Gasteiger partial charge in [0, 0.05) is 32.9 Å². The van der Waals surface area contributed by atoms with E-state index in [1.54, 1.807) is 30.1 Å². The molecule has 0 saturated carbocycles. The molecule has 0 spiro atoms. The maximum Gasteiger partial charge on any atom is 0.219 e. The molecule has 0 aliphatic carbocycles. The van der Waals surface area contributed by atoms with E-state index in [0.717, 1.165) is 11.4 Å². The molecule has 0 fully saturated rings. The lowest BCUT2D eigenvalue weighted by Crippen LogP contribution is -2.36. The van der Waals surface area contributed by atoms with Crippen molar-refractivity contribution < 1.29 is 9.13 Å². The van der Waals surface area contributed by atoms with E-state index < -0.39 is 0 Å². The number of hydrogen-bond acceptors (Lipinski definition) is 5. The summed E-state index contributed by atoms with van der Waals surface area (Å²) in [7, 11) is 3.53. The molecule has 140 valence electrons. The van der Waals surface area contributed by atoms with Crippen LogP contribution in [0.25, 0.3) is 0 Å². The molecule has 1 aromatic carbocycles. The zero-order chi connectivity index (χ0) is 19.1. The van der Waals surface area contributed by atoms with Crippen LogP contribution in [0.15, 0.2) is 53.9 Å². The fraction of sp³-hybridized carbons (Fsp3) is 0.222. The molecule has 0 atom stereocenters. The van der Waals surface area contributed by atoms with Crippen LogP contribution >= 0.6 is 0 Å². The normalized spacial score (nSPS) is 11.3. The number of nitrogens with zero attached hydrogens (tertiary/aromatic N) is 5. The number of aromatic nitrogens is 4. The lowest BCUT2D eigenvalue weighted by Gasteiger charge is -2.12. The minimum absolute atomic E-state index is 0.312. The van der Waals surface area contributed by atoms with Crippen LogP contribution in [0.5, 0.6) is 11.6 Å². The highest BCUT2D eigenvalue weighted by molar-refractivity contribution is 5.79. The molecule has 0 bridgehead atoms. The Morgan fingerprint density at radius 1 is 1.15 bits per heavy atom. The maximum atomic E-state index is 13.0. The Hall–Kier alpha value is -3.49. The third-order valence-corrected chi connectivity index (χ3v) is 3.74. The summed E-state index contributed by atoms with van der Waals surface area (Å²) in [5.41, 5.74) is 0.962. The number of nitrogens with one attached hydrogen (secondary N) is 2. The van der Waals surface area contributed by atoms with Crippen LogP contribution in [0.3, 0.4) is 0 Å². The van der Waals surface area contributed by atoms with Gasteiger partial charge in [0.1, 0.15) is 23.7 Å². The van der Waals surface area contributed by atoms with Crippen LogP contribution in [0, 0.1) is 5.82 Å². The summed E-state index contributed by atoms with van der Waals surface area (Å²) in [5.74, 6) is 2.08. The molecule has 2 aromatic heterocycles. The van der Waals surface area contributed by atoms with Crippen molar-refractivity contribution >= 4 is 5.96 Å². The van der Waals surface area contributed by atoms with Crippen LogP contribution < -0.4 is 15.4 Å². The third-order valence-electron chi connectivity index (χ3n) is 3.74. The first kappa shape index (κ1) is 18.3. The van der Waals surface area contributed by atoms with Crippen molar-refractivity contribution in [2.45, 2.75) is 13.1 Å². The van der Waals surface area contributed by atoms with Gasteiger partial charge in [-0.25, -0.2) is 14.4 Å². The SMILES string of the molecule is CN=C(NCc1ccnc(Oc2ccc(F)cc2)c1)NCc1ncnn1C. The first-order chi connectivity index (χ1) is 13.1. The van der Waals surface area contributed by atoms with E-state index in [0.29, 0.717) is 30.7 Å². The van der Waals surface area contributed by atoms with Crippen molar-refractivity contribution in [3.63, 3.8) is 0 Å². The largest absolute Gasteiger partial charge is 0.439 e. The van der Waals surface area contributed by atoms with Gasteiger partial charge < -0.3 is 15.4 Å². The number of rotatable bonds is 6. The summed E-state index contributed by atoms with van der Waals surface area (Å²) >= 11 is 0. The summed E-state index contributed by atoms with van der Waals surface area (Å²) < 4.78 is 20.3. The van der Waals surface area contributed by atoms with Crippen molar-refractivity contribution in [1.29, 1.82) is 0 Å². The highest BCUT2D eigenvalue weighted by Crippen LogP contribution is 2.20. The van der Waals surface area contributed by atoms with Crippen LogP contribution in [0.2, 0.25) is 0 Å². The number of guanidine groups is 1. The Bertz CT molecular complexity index is 908. The average Bonchev–Trinajstić information content (AvgIpc) is 3.09. The van der Waals surface area contributed by atoms with Crippen molar-refractivity contribution in [1.82, 2.24) is 30.4 Å². The summed E-state index contributed by atoms with van der Waals surface area (Å²) in [5, 5.41) is 10.4. The first-order valence-electron chi connectivity index (χ1n) is 8.30. The van der Waals surface area contributed by atoms with E-state index in [-0.39, 0.29) is 5.82 Å². The molecule has 9 heteroatoms. The number of ether oxygens (including phenoxy) is 1. The monoisotopic (exact) mass is 369 g/mol. The van der Waals surface area contributed by atoms with Crippen molar-refractivity contribution in [2.24, 2.45) is 12.0 Å². The Labute approximate surface area is 156 Å². The molecule has 0 saturated heterocycles. The van der Waals surface area contributed by atoms with Gasteiger partial charge in [0.05, 0.1) is 6.54 Å². The maximum absolute atomic E-state index is 13.0. The molecule has 0 aliphatic rings. The van der Waals surface area contributed by atoms with Gasteiger partial charge in [-0.3, -0.25) is 9.67 Å². The second-order valence-electron chi connectivity index (χ2n) is 5.64. The molecule has 8 nitrogen and oxygen atoms in total. The molecule has 3 rings (SSSR count). The molecule has 0 unspecified atom stereocenters. The summed E-state index contributed by atoms with van der Waals surface area (Å²) in [6.07, 6.45) is 3.17. The van der Waals surface area contributed by atoms with E-state index in [1.807, 2.05) is 19.2 Å². The lowest BCUT2D eigenvalue weighted by atomic mass is 10.2.